The molecule has 1 rings (SSSR count). The molecule has 0 saturated heterocycles. The van der Waals surface area contributed by atoms with Crippen molar-refractivity contribution in [3.8, 4) is 5.75 Å². The summed E-state index contributed by atoms with van der Waals surface area (Å²) in [6.07, 6.45) is -0.996. The largest absolute Gasteiger partial charge is 0.479 e. The van der Waals surface area contributed by atoms with Gasteiger partial charge in [0, 0.05) is 17.1 Å². The number of benzene rings is 1. The lowest BCUT2D eigenvalue weighted by Crippen LogP contribution is -2.23. The lowest BCUT2D eigenvalue weighted by atomic mass is 10.2. The highest BCUT2D eigenvalue weighted by Gasteiger charge is 2.17. The van der Waals surface area contributed by atoms with Crippen LogP contribution in [0.4, 0.5) is 0 Å². The third-order valence-corrected chi connectivity index (χ3v) is 2.45. The van der Waals surface area contributed by atoms with E-state index in [1.807, 2.05) is 0 Å². The van der Waals surface area contributed by atoms with Gasteiger partial charge in [-0.25, -0.2) is 4.79 Å². The molecular weight excluding hydrogens is 253 g/mol. The highest BCUT2D eigenvalue weighted by Crippen LogP contribution is 2.32. The fraction of sp³-hybridized carbons (Fsp3) is 0.300. The number of hydrogen-bond donors (Lipinski definition) is 2. The number of carbonyl (C=O) groups is 1. The molecule has 0 fully saturated rings. The van der Waals surface area contributed by atoms with Gasteiger partial charge in [0.05, 0.1) is 5.02 Å². The van der Waals surface area contributed by atoms with Gasteiger partial charge in [0.25, 0.3) is 0 Å². The maximum atomic E-state index is 10.7. The fourth-order valence-electron chi connectivity index (χ4n) is 1.12. The van der Waals surface area contributed by atoms with Crippen LogP contribution in [0.25, 0.3) is 0 Å². The second-order valence-electron chi connectivity index (χ2n) is 3.18. The first-order valence-corrected chi connectivity index (χ1v) is 5.28. The number of halogens is 2. The summed E-state index contributed by atoms with van der Waals surface area (Å²) in [5, 5.41) is 9.41. The Morgan fingerprint density at radius 2 is 2.19 bits per heavy atom. The van der Waals surface area contributed by atoms with Crippen LogP contribution in [0.5, 0.6) is 5.75 Å². The number of nitrogens with two attached hydrogens (primary N) is 1. The number of carboxylic acids is 1. The molecule has 1 aromatic carbocycles. The van der Waals surface area contributed by atoms with Crippen molar-refractivity contribution in [2.75, 3.05) is 0 Å². The highest BCUT2D eigenvalue weighted by molar-refractivity contribution is 6.35. The van der Waals surface area contributed by atoms with E-state index in [2.05, 4.69) is 0 Å². The summed E-state index contributed by atoms with van der Waals surface area (Å²) in [4.78, 5) is 10.7. The van der Waals surface area contributed by atoms with Crippen molar-refractivity contribution in [1.82, 2.24) is 0 Å². The molecule has 0 heterocycles. The zero-order valence-corrected chi connectivity index (χ0v) is 10.0. The Balaban J connectivity index is 3.07. The molecule has 0 aromatic heterocycles. The van der Waals surface area contributed by atoms with Crippen LogP contribution >= 0.6 is 23.2 Å². The third-order valence-electron chi connectivity index (χ3n) is 1.95. The molecule has 4 nitrogen and oxygen atoms in total. The highest BCUT2D eigenvalue weighted by atomic mass is 35.5. The summed E-state index contributed by atoms with van der Waals surface area (Å²) in [6, 6.07) is 3.07. The molecule has 0 aliphatic rings. The minimum absolute atomic E-state index is 0.169. The molecule has 3 N–H and O–H groups in total. The number of carboxylic acid groups (broad SMARTS) is 1. The molecule has 0 amide bonds. The van der Waals surface area contributed by atoms with Gasteiger partial charge >= 0.3 is 5.97 Å². The van der Waals surface area contributed by atoms with Gasteiger partial charge < -0.3 is 15.6 Å². The van der Waals surface area contributed by atoms with Crippen LogP contribution in [0.2, 0.25) is 10.0 Å². The zero-order chi connectivity index (χ0) is 12.3. The minimum Gasteiger partial charge on any atom is -0.479 e. The second kappa shape index (κ2) is 5.39. The molecule has 0 spiro atoms. The molecule has 16 heavy (non-hydrogen) atoms. The van der Waals surface area contributed by atoms with Crippen molar-refractivity contribution in [3.63, 3.8) is 0 Å². The molecule has 6 heteroatoms. The molecule has 0 radical (unpaired) electrons. The predicted molar refractivity (Wildman–Crippen MR) is 62.1 cm³/mol. The van der Waals surface area contributed by atoms with Crippen LogP contribution < -0.4 is 10.5 Å². The van der Waals surface area contributed by atoms with Crippen molar-refractivity contribution in [3.05, 3.63) is 27.7 Å². The van der Waals surface area contributed by atoms with Crippen LogP contribution in [0.3, 0.4) is 0 Å². The van der Waals surface area contributed by atoms with Crippen molar-refractivity contribution < 1.29 is 14.6 Å². The first-order valence-electron chi connectivity index (χ1n) is 4.53. The van der Waals surface area contributed by atoms with Gasteiger partial charge in [0.15, 0.2) is 6.10 Å². The molecular formula is C10H11Cl2NO3. The van der Waals surface area contributed by atoms with E-state index in [0.717, 1.165) is 0 Å². The van der Waals surface area contributed by atoms with E-state index < -0.39 is 12.1 Å². The van der Waals surface area contributed by atoms with Crippen molar-refractivity contribution >= 4 is 29.2 Å². The summed E-state index contributed by atoms with van der Waals surface area (Å²) >= 11 is 11.7. The lowest BCUT2D eigenvalue weighted by molar-refractivity contribution is -0.144. The Hall–Kier alpha value is -0.970. The van der Waals surface area contributed by atoms with Crippen LogP contribution in [0.15, 0.2) is 12.1 Å². The third kappa shape index (κ3) is 3.01. The number of rotatable bonds is 4. The first-order chi connectivity index (χ1) is 7.45. The van der Waals surface area contributed by atoms with Gasteiger partial charge in [-0.3, -0.25) is 0 Å². The van der Waals surface area contributed by atoms with Crippen molar-refractivity contribution in [1.29, 1.82) is 0 Å². The molecule has 0 saturated carbocycles. The van der Waals surface area contributed by atoms with E-state index in [9.17, 15) is 4.79 Å². The van der Waals surface area contributed by atoms with Gasteiger partial charge in [-0.1, -0.05) is 23.2 Å². The summed E-state index contributed by atoms with van der Waals surface area (Å²) < 4.78 is 5.21. The Labute approximate surface area is 103 Å². The van der Waals surface area contributed by atoms with Crippen molar-refractivity contribution in [2.45, 2.75) is 19.6 Å². The summed E-state index contributed by atoms with van der Waals surface area (Å²) in [5.41, 5.74) is 6.07. The molecule has 88 valence electrons. The Kier molecular flexibility index (Phi) is 4.41. The topological polar surface area (TPSA) is 72.5 Å². The van der Waals surface area contributed by atoms with Crippen LogP contribution in [-0.2, 0) is 11.3 Å². The van der Waals surface area contributed by atoms with E-state index >= 15 is 0 Å². The van der Waals surface area contributed by atoms with E-state index in [-0.39, 0.29) is 17.3 Å². The SMILES string of the molecule is CC(Oc1c(Cl)cc(Cl)cc1CN)C(=O)O. The summed E-state index contributed by atoms with van der Waals surface area (Å²) in [5.74, 6) is -0.808. The average Bonchev–Trinajstić information content (AvgIpc) is 2.21. The predicted octanol–water partition coefficient (Wildman–Crippen LogP) is 2.30. The van der Waals surface area contributed by atoms with Gasteiger partial charge in [-0.2, -0.15) is 0 Å². The molecule has 0 bridgehead atoms. The summed E-state index contributed by atoms with van der Waals surface area (Å²) in [6.45, 7) is 1.58. The van der Waals surface area contributed by atoms with Gasteiger partial charge in [0.2, 0.25) is 0 Å². The Morgan fingerprint density at radius 3 is 2.69 bits per heavy atom. The van der Waals surface area contributed by atoms with Gasteiger partial charge in [-0.15, -0.1) is 0 Å². The molecule has 1 unspecified atom stereocenters. The zero-order valence-electron chi connectivity index (χ0n) is 8.54. The van der Waals surface area contributed by atoms with E-state index in [0.29, 0.717) is 10.6 Å². The normalized spacial score (nSPS) is 12.2. The Morgan fingerprint density at radius 1 is 1.56 bits per heavy atom. The molecule has 0 aliphatic carbocycles. The van der Waals surface area contributed by atoms with E-state index in [1.165, 1.54) is 13.0 Å². The quantitative estimate of drug-likeness (QED) is 0.875. The fourth-order valence-corrected chi connectivity index (χ4v) is 1.70. The standard InChI is InChI=1S/C10H11Cl2NO3/c1-5(10(14)15)16-9-6(4-13)2-7(11)3-8(9)12/h2-3,5H,4,13H2,1H3,(H,14,15). The van der Waals surface area contributed by atoms with E-state index in [4.69, 9.17) is 38.8 Å². The maximum Gasteiger partial charge on any atom is 0.344 e. The minimum atomic E-state index is -1.08. The first kappa shape index (κ1) is 13.1. The maximum absolute atomic E-state index is 10.7. The second-order valence-corrected chi connectivity index (χ2v) is 4.02. The molecule has 1 aromatic rings. The average molecular weight is 264 g/mol. The molecule has 1 atom stereocenters. The van der Waals surface area contributed by atoms with Crippen LogP contribution in [0, 0.1) is 0 Å². The van der Waals surface area contributed by atoms with Crippen molar-refractivity contribution in [2.24, 2.45) is 5.73 Å². The van der Waals surface area contributed by atoms with Gasteiger partial charge in [0.1, 0.15) is 5.75 Å². The number of hydrogen-bond acceptors (Lipinski definition) is 3. The van der Waals surface area contributed by atoms with Gasteiger partial charge in [-0.05, 0) is 19.1 Å². The number of aliphatic carboxylic acids is 1. The summed E-state index contributed by atoms with van der Waals surface area (Å²) in [7, 11) is 0. The van der Waals surface area contributed by atoms with Crippen LogP contribution in [-0.4, -0.2) is 17.2 Å². The van der Waals surface area contributed by atoms with Crippen LogP contribution in [0.1, 0.15) is 12.5 Å². The smallest absolute Gasteiger partial charge is 0.344 e. The Bertz CT molecular complexity index is 409. The lowest BCUT2D eigenvalue weighted by Gasteiger charge is -2.15. The molecule has 0 aliphatic heterocycles. The number of ether oxygens (including phenoxy) is 1. The van der Waals surface area contributed by atoms with E-state index in [1.54, 1.807) is 6.07 Å². The monoisotopic (exact) mass is 263 g/mol.